The van der Waals surface area contributed by atoms with Crippen LogP contribution in [0, 0.1) is 0 Å². The molecule has 1 aliphatic carbocycles. The van der Waals surface area contributed by atoms with Gasteiger partial charge in [-0.15, -0.1) is 13.2 Å². The van der Waals surface area contributed by atoms with Gasteiger partial charge in [0.25, 0.3) is 0 Å². The fourth-order valence-corrected chi connectivity index (χ4v) is 6.17. The van der Waals surface area contributed by atoms with E-state index in [1.54, 1.807) is 30.5 Å². The van der Waals surface area contributed by atoms with Gasteiger partial charge in [-0.3, -0.25) is 0 Å². The average Bonchev–Trinajstić information content (AvgIpc) is 3.58. The minimum atomic E-state index is -4.77. The Kier molecular flexibility index (Phi) is 6.34. The maximum atomic E-state index is 13.1. The lowest BCUT2D eigenvalue weighted by Gasteiger charge is -2.40. The van der Waals surface area contributed by atoms with Crippen molar-refractivity contribution in [2.24, 2.45) is 0 Å². The van der Waals surface area contributed by atoms with Gasteiger partial charge in [-0.05, 0) is 74.8 Å². The number of para-hydroxylation sites is 1. The summed E-state index contributed by atoms with van der Waals surface area (Å²) < 4.78 is 50.0. The number of carbonyl (C=O) groups is 1. The molecule has 0 spiro atoms. The fourth-order valence-electron chi connectivity index (χ4n) is 6.17. The summed E-state index contributed by atoms with van der Waals surface area (Å²) in [4.78, 5) is 16.9. The number of carboxylic acid groups (broad SMARTS) is 1. The van der Waals surface area contributed by atoms with Crippen LogP contribution in [0.5, 0.6) is 5.75 Å². The van der Waals surface area contributed by atoms with Crippen LogP contribution in [0.1, 0.15) is 66.1 Å². The summed E-state index contributed by atoms with van der Waals surface area (Å²) in [6.07, 6.45) is 2.95. The second-order valence-electron chi connectivity index (χ2n) is 10.5. The zero-order valence-corrected chi connectivity index (χ0v) is 20.7. The summed E-state index contributed by atoms with van der Waals surface area (Å²) in [5.74, 6) is -0.776. The van der Waals surface area contributed by atoms with Crippen LogP contribution in [-0.2, 0) is 11.3 Å². The Morgan fingerprint density at radius 1 is 0.974 bits per heavy atom. The molecule has 2 saturated heterocycles. The molecule has 2 atom stereocenters. The summed E-state index contributed by atoms with van der Waals surface area (Å²) >= 11 is 0. The summed E-state index contributed by atoms with van der Waals surface area (Å²) in [7, 11) is 0. The number of H-pyrrole nitrogens is 1. The number of hydrogen-bond donors (Lipinski definition) is 2. The standard InChI is InChI=1S/C29H29F3N2O4/c30-29(31,32)38-26-4-2-1-3-23(26)24-15-33-27(17-5-6-17)25(24)16-37-22-13-20-11-12-21(14-22)34(20)19-9-7-18(8-10-19)28(35)36/h1-4,7-10,15,17,20-22,33H,5-6,11-14,16H2,(H,35,36). The minimum absolute atomic E-state index is 0.0403. The molecule has 3 heterocycles. The summed E-state index contributed by atoms with van der Waals surface area (Å²) in [6.45, 7) is 0.322. The molecule has 0 amide bonds. The molecule has 2 bridgehead atoms. The molecular formula is C29H29F3N2O4. The lowest BCUT2D eigenvalue weighted by Crippen LogP contribution is -2.45. The molecule has 0 radical (unpaired) electrons. The van der Waals surface area contributed by atoms with Gasteiger partial charge < -0.3 is 24.5 Å². The molecule has 38 heavy (non-hydrogen) atoms. The lowest BCUT2D eigenvalue weighted by atomic mass is 9.97. The highest BCUT2D eigenvalue weighted by atomic mass is 19.4. The molecule has 2 aromatic carbocycles. The zero-order chi connectivity index (χ0) is 26.4. The van der Waals surface area contributed by atoms with E-state index >= 15 is 0 Å². The normalized spacial score (nSPS) is 23.0. The quantitative estimate of drug-likeness (QED) is 0.335. The van der Waals surface area contributed by atoms with Crippen molar-refractivity contribution in [3.63, 3.8) is 0 Å². The molecule has 2 aliphatic heterocycles. The Hall–Kier alpha value is -3.46. The molecule has 1 saturated carbocycles. The number of nitrogens with zero attached hydrogens (tertiary/aromatic N) is 1. The van der Waals surface area contributed by atoms with E-state index in [1.807, 2.05) is 12.1 Å². The predicted molar refractivity (Wildman–Crippen MR) is 135 cm³/mol. The van der Waals surface area contributed by atoms with Crippen LogP contribution >= 0.6 is 0 Å². The van der Waals surface area contributed by atoms with Gasteiger partial charge in [0.1, 0.15) is 5.75 Å². The van der Waals surface area contributed by atoms with Gasteiger partial charge in [0.2, 0.25) is 0 Å². The van der Waals surface area contributed by atoms with Crippen LogP contribution in [0.4, 0.5) is 18.9 Å². The van der Waals surface area contributed by atoms with Crippen molar-refractivity contribution in [3.05, 3.63) is 71.5 Å². The number of benzene rings is 2. The van der Waals surface area contributed by atoms with Crippen molar-refractivity contribution in [2.75, 3.05) is 4.90 Å². The molecule has 200 valence electrons. The molecule has 2 unspecified atom stereocenters. The maximum absolute atomic E-state index is 13.1. The topological polar surface area (TPSA) is 74.8 Å². The van der Waals surface area contributed by atoms with Crippen molar-refractivity contribution in [2.45, 2.75) is 75.6 Å². The number of anilines is 1. The van der Waals surface area contributed by atoms with Gasteiger partial charge in [0, 0.05) is 46.4 Å². The SMILES string of the molecule is O=C(O)c1ccc(N2C3CCC2CC(OCc2c(-c4ccccc4OC(F)(F)F)c[nH]c2C2CC2)C3)cc1. The van der Waals surface area contributed by atoms with Crippen molar-refractivity contribution in [1.82, 2.24) is 4.98 Å². The molecule has 6 rings (SSSR count). The monoisotopic (exact) mass is 526 g/mol. The zero-order valence-electron chi connectivity index (χ0n) is 20.7. The number of halogens is 3. The van der Waals surface area contributed by atoms with Gasteiger partial charge >= 0.3 is 12.3 Å². The maximum Gasteiger partial charge on any atom is 0.573 e. The van der Waals surface area contributed by atoms with E-state index in [-0.39, 0.29) is 17.4 Å². The molecule has 3 aromatic rings. The number of carboxylic acids is 1. The number of aromatic nitrogens is 1. The molecule has 1 aromatic heterocycles. The van der Waals surface area contributed by atoms with Gasteiger partial charge in [0.15, 0.2) is 0 Å². The van der Waals surface area contributed by atoms with E-state index in [1.165, 1.54) is 12.1 Å². The summed E-state index contributed by atoms with van der Waals surface area (Å²) in [5, 5.41) is 9.20. The highest BCUT2D eigenvalue weighted by Crippen LogP contribution is 2.46. The largest absolute Gasteiger partial charge is 0.573 e. The average molecular weight is 527 g/mol. The highest BCUT2D eigenvalue weighted by molar-refractivity contribution is 5.88. The number of piperidine rings is 1. The van der Waals surface area contributed by atoms with Crippen LogP contribution in [0.25, 0.3) is 11.1 Å². The number of nitrogens with one attached hydrogen (secondary N) is 1. The third kappa shape index (κ3) is 4.99. The fraction of sp³-hybridized carbons (Fsp3) is 0.414. The van der Waals surface area contributed by atoms with E-state index in [0.717, 1.165) is 55.5 Å². The van der Waals surface area contributed by atoms with E-state index in [0.29, 0.717) is 35.7 Å². The van der Waals surface area contributed by atoms with E-state index in [2.05, 4.69) is 14.6 Å². The first-order valence-electron chi connectivity index (χ1n) is 13.1. The van der Waals surface area contributed by atoms with Crippen molar-refractivity contribution >= 4 is 11.7 Å². The van der Waals surface area contributed by atoms with Gasteiger partial charge in [-0.2, -0.15) is 0 Å². The number of aromatic carboxylic acids is 1. The van der Waals surface area contributed by atoms with Crippen LogP contribution in [0.2, 0.25) is 0 Å². The first kappa shape index (κ1) is 24.9. The van der Waals surface area contributed by atoms with Gasteiger partial charge in [0.05, 0.1) is 18.3 Å². The lowest BCUT2D eigenvalue weighted by molar-refractivity contribution is -0.274. The van der Waals surface area contributed by atoms with Crippen LogP contribution in [-0.4, -0.2) is 40.6 Å². The second kappa shape index (κ2) is 9.69. The second-order valence-corrected chi connectivity index (χ2v) is 10.5. The number of fused-ring (bicyclic) bond motifs is 2. The number of ether oxygens (including phenoxy) is 2. The van der Waals surface area contributed by atoms with Crippen LogP contribution < -0.4 is 9.64 Å². The number of rotatable bonds is 8. The third-order valence-electron chi connectivity index (χ3n) is 7.98. The molecule has 9 heteroatoms. The summed E-state index contributed by atoms with van der Waals surface area (Å²) in [6, 6.07) is 13.9. The number of alkyl halides is 3. The van der Waals surface area contributed by atoms with Crippen molar-refractivity contribution < 1.29 is 32.5 Å². The summed E-state index contributed by atoms with van der Waals surface area (Å²) in [5.41, 5.74) is 4.34. The smallest absolute Gasteiger partial charge is 0.478 e. The van der Waals surface area contributed by atoms with Gasteiger partial charge in [-0.25, -0.2) is 4.79 Å². The van der Waals surface area contributed by atoms with Crippen LogP contribution in [0.3, 0.4) is 0 Å². The minimum Gasteiger partial charge on any atom is -0.478 e. The Labute approximate surface area is 218 Å². The molecule has 3 aliphatic rings. The van der Waals surface area contributed by atoms with E-state index in [9.17, 15) is 23.1 Å². The Morgan fingerprint density at radius 3 is 2.29 bits per heavy atom. The van der Waals surface area contributed by atoms with E-state index in [4.69, 9.17) is 4.74 Å². The number of hydrogen-bond acceptors (Lipinski definition) is 4. The third-order valence-corrected chi connectivity index (χ3v) is 7.98. The Bertz CT molecular complexity index is 1300. The molecule has 3 fully saturated rings. The number of aromatic amines is 1. The van der Waals surface area contributed by atoms with E-state index < -0.39 is 12.3 Å². The first-order valence-corrected chi connectivity index (χ1v) is 13.1. The van der Waals surface area contributed by atoms with Crippen LogP contribution in [0.15, 0.2) is 54.7 Å². The molecule has 6 nitrogen and oxygen atoms in total. The van der Waals surface area contributed by atoms with Gasteiger partial charge in [-0.1, -0.05) is 18.2 Å². The predicted octanol–water partition coefficient (Wildman–Crippen LogP) is 6.87. The first-order chi connectivity index (χ1) is 18.3. The Morgan fingerprint density at radius 2 is 1.66 bits per heavy atom. The van der Waals surface area contributed by atoms with Crippen molar-refractivity contribution in [1.29, 1.82) is 0 Å². The highest BCUT2D eigenvalue weighted by Gasteiger charge is 2.41. The Balaban J connectivity index is 1.19. The molecular weight excluding hydrogens is 497 g/mol. The molecule has 2 N–H and O–H groups in total. The van der Waals surface area contributed by atoms with Crippen molar-refractivity contribution in [3.8, 4) is 16.9 Å².